The molecule has 5 nitrogen and oxygen atoms in total. The summed E-state index contributed by atoms with van der Waals surface area (Å²) in [5.41, 5.74) is 3.69. The van der Waals surface area contributed by atoms with Gasteiger partial charge in [-0.15, -0.1) is 0 Å². The van der Waals surface area contributed by atoms with E-state index in [0.29, 0.717) is 12.1 Å². The number of nitrogens with one attached hydrogen (secondary N) is 1. The Morgan fingerprint density at radius 1 is 1.24 bits per heavy atom. The highest BCUT2D eigenvalue weighted by molar-refractivity contribution is 5.94. The summed E-state index contributed by atoms with van der Waals surface area (Å²) in [5, 5.41) is 6.82. The summed E-state index contributed by atoms with van der Waals surface area (Å²) in [6.07, 6.45) is 0.725. The molecular weight excluding hydrogens is 266 g/mol. The standard InChI is InChI=1S/C16H21N3O2/c1-11-15(12(2)21-18-11)9-10-17-16(20)13-5-7-14(8-6-13)19(3)4/h5-8H,9-10H2,1-4H3,(H,17,20). The van der Waals surface area contributed by atoms with E-state index in [4.69, 9.17) is 4.52 Å². The van der Waals surface area contributed by atoms with E-state index >= 15 is 0 Å². The van der Waals surface area contributed by atoms with E-state index in [2.05, 4.69) is 10.5 Å². The largest absolute Gasteiger partial charge is 0.378 e. The monoisotopic (exact) mass is 287 g/mol. The van der Waals surface area contributed by atoms with Gasteiger partial charge in [0.25, 0.3) is 5.91 Å². The SMILES string of the molecule is Cc1noc(C)c1CCNC(=O)c1ccc(N(C)C)cc1. The minimum Gasteiger partial charge on any atom is -0.378 e. The van der Waals surface area contributed by atoms with Crippen LogP contribution < -0.4 is 10.2 Å². The first-order valence-corrected chi connectivity index (χ1v) is 6.96. The van der Waals surface area contributed by atoms with E-state index < -0.39 is 0 Å². The van der Waals surface area contributed by atoms with Crippen molar-refractivity contribution in [3.05, 3.63) is 46.8 Å². The number of carbonyl (C=O) groups excluding carboxylic acids is 1. The van der Waals surface area contributed by atoms with Crippen LogP contribution in [0.3, 0.4) is 0 Å². The number of rotatable bonds is 5. The number of hydrogen-bond donors (Lipinski definition) is 1. The molecule has 0 spiro atoms. The van der Waals surface area contributed by atoms with Gasteiger partial charge in [-0.1, -0.05) is 5.16 Å². The average Bonchev–Trinajstić information content (AvgIpc) is 2.79. The molecule has 1 amide bonds. The molecule has 5 heteroatoms. The van der Waals surface area contributed by atoms with Crippen molar-refractivity contribution in [3.63, 3.8) is 0 Å². The molecule has 1 aromatic heterocycles. The molecule has 2 rings (SSSR count). The summed E-state index contributed by atoms with van der Waals surface area (Å²) < 4.78 is 5.11. The van der Waals surface area contributed by atoms with E-state index in [1.54, 1.807) is 0 Å². The predicted octanol–water partition coefficient (Wildman–Crippen LogP) is 2.33. The number of anilines is 1. The van der Waals surface area contributed by atoms with Crippen molar-refractivity contribution < 1.29 is 9.32 Å². The fourth-order valence-corrected chi connectivity index (χ4v) is 2.17. The minimum atomic E-state index is -0.0629. The van der Waals surface area contributed by atoms with Crippen LogP contribution in [0.4, 0.5) is 5.69 Å². The number of benzene rings is 1. The fourth-order valence-electron chi connectivity index (χ4n) is 2.17. The summed E-state index contributed by atoms with van der Waals surface area (Å²) >= 11 is 0. The van der Waals surface area contributed by atoms with Crippen LogP contribution in [-0.4, -0.2) is 31.7 Å². The maximum absolute atomic E-state index is 12.1. The minimum absolute atomic E-state index is 0.0629. The van der Waals surface area contributed by atoms with Gasteiger partial charge in [0.05, 0.1) is 5.69 Å². The molecule has 0 saturated heterocycles. The lowest BCUT2D eigenvalue weighted by atomic mass is 10.1. The van der Waals surface area contributed by atoms with E-state index in [1.807, 2.05) is 57.1 Å². The Balaban J connectivity index is 1.90. The van der Waals surface area contributed by atoms with E-state index in [-0.39, 0.29) is 5.91 Å². The maximum atomic E-state index is 12.1. The lowest BCUT2D eigenvalue weighted by Crippen LogP contribution is -2.26. The normalized spacial score (nSPS) is 10.5. The highest BCUT2D eigenvalue weighted by Crippen LogP contribution is 2.13. The van der Waals surface area contributed by atoms with Gasteiger partial charge in [0.15, 0.2) is 0 Å². The van der Waals surface area contributed by atoms with Crippen molar-refractivity contribution in [2.24, 2.45) is 0 Å². The predicted molar refractivity (Wildman–Crippen MR) is 82.8 cm³/mol. The number of hydrogen-bond acceptors (Lipinski definition) is 4. The Morgan fingerprint density at radius 3 is 2.43 bits per heavy atom. The van der Waals surface area contributed by atoms with Crippen molar-refractivity contribution in [1.29, 1.82) is 0 Å². The van der Waals surface area contributed by atoms with Gasteiger partial charge in [0, 0.05) is 37.5 Å². The quantitative estimate of drug-likeness (QED) is 0.917. The zero-order valence-electron chi connectivity index (χ0n) is 12.9. The summed E-state index contributed by atoms with van der Waals surface area (Å²) in [5.74, 6) is 0.754. The first-order valence-electron chi connectivity index (χ1n) is 6.96. The molecule has 1 aromatic carbocycles. The smallest absolute Gasteiger partial charge is 0.251 e. The second-order valence-corrected chi connectivity index (χ2v) is 5.25. The number of carbonyl (C=O) groups is 1. The van der Waals surface area contributed by atoms with Crippen LogP contribution in [-0.2, 0) is 6.42 Å². The molecule has 0 unspecified atom stereocenters. The van der Waals surface area contributed by atoms with Crippen molar-refractivity contribution >= 4 is 11.6 Å². The van der Waals surface area contributed by atoms with Gasteiger partial charge in [-0.05, 0) is 44.5 Å². The van der Waals surface area contributed by atoms with Gasteiger partial charge in [0.2, 0.25) is 0 Å². The van der Waals surface area contributed by atoms with E-state index in [1.165, 1.54) is 0 Å². The van der Waals surface area contributed by atoms with Crippen molar-refractivity contribution in [2.75, 3.05) is 25.5 Å². The highest BCUT2D eigenvalue weighted by Gasteiger charge is 2.10. The molecule has 112 valence electrons. The van der Waals surface area contributed by atoms with Gasteiger partial charge in [-0.3, -0.25) is 4.79 Å². The van der Waals surface area contributed by atoms with Crippen molar-refractivity contribution in [1.82, 2.24) is 10.5 Å². The van der Waals surface area contributed by atoms with Crippen LogP contribution >= 0.6 is 0 Å². The summed E-state index contributed by atoms with van der Waals surface area (Å²) in [6.45, 7) is 4.36. The Bertz CT molecular complexity index is 595. The van der Waals surface area contributed by atoms with Crippen molar-refractivity contribution in [2.45, 2.75) is 20.3 Å². The van der Waals surface area contributed by atoms with Gasteiger partial charge in [-0.2, -0.15) is 0 Å². The van der Waals surface area contributed by atoms with Crippen LogP contribution in [0.5, 0.6) is 0 Å². The average molecular weight is 287 g/mol. The number of nitrogens with zero attached hydrogens (tertiary/aromatic N) is 2. The lowest BCUT2D eigenvalue weighted by Gasteiger charge is -2.12. The molecule has 0 atom stereocenters. The first-order chi connectivity index (χ1) is 9.99. The third-order valence-corrected chi connectivity index (χ3v) is 3.49. The number of aryl methyl sites for hydroxylation is 2. The Hall–Kier alpha value is -2.30. The molecule has 0 aliphatic rings. The Morgan fingerprint density at radius 2 is 1.90 bits per heavy atom. The van der Waals surface area contributed by atoms with Gasteiger partial charge >= 0.3 is 0 Å². The highest BCUT2D eigenvalue weighted by atomic mass is 16.5. The fraction of sp³-hybridized carbons (Fsp3) is 0.375. The summed E-state index contributed by atoms with van der Waals surface area (Å²) in [6, 6.07) is 7.54. The van der Waals surface area contributed by atoms with Crippen LogP contribution in [0, 0.1) is 13.8 Å². The van der Waals surface area contributed by atoms with Crippen LogP contribution in [0.15, 0.2) is 28.8 Å². The van der Waals surface area contributed by atoms with Crippen LogP contribution in [0.2, 0.25) is 0 Å². The molecule has 21 heavy (non-hydrogen) atoms. The molecule has 0 saturated carbocycles. The third-order valence-electron chi connectivity index (χ3n) is 3.49. The molecule has 0 aliphatic heterocycles. The Kier molecular flexibility index (Phi) is 4.62. The number of amides is 1. The topological polar surface area (TPSA) is 58.4 Å². The summed E-state index contributed by atoms with van der Waals surface area (Å²) in [4.78, 5) is 14.1. The molecular formula is C16H21N3O2. The molecule has 0 aliphatic carbocycles. The van der Waals surface area contributed by atoms with Gasteiger partial charge in [0.1, 0.15) is 5.76 Å². The third kappa shape index (κ3) is 3.62. The number of aromatic nitrogens is 1. The molecule has 1 N–H and O–H groups in total. The second-order valence-electron chi connectivity index (χ2n) is 5.25. The second kappa shape index (κ2) is 6.43. The zero-order valence-corrected chi connectivity index (χ0v) is 12.9. The molecule has 0 fully saturated rings. The molecule has 2 aromatic rings. The first kappa shape index (κ1) is 15.1. The van der Waals surface area contributed by atoms with Crippen LogP contribution in [0.1, 0.15) is 27.4 Å². The van der Waals surface area contributed by atoms with E-state index in [9.17, 15) is 4.79 Å². The molecule has 0 radical (unpaired) electrons. The molecule has 0 bridgehead atoms. The van der Waals surface area contributed by atoms with Crippen LogP contribution in [0.25, 0.3) is 0 Å². The van der Waals surface area contributed by atoms with Crippen molar-refractivity contribution in [3.8, 4) is 0 Å². The van der Waals surface area contributed by atoms with Gasteiger partial charge in [-0.25, -0.2) is 0 Å². The lowest BCUT2D eigenvalue weighted by molar-refractivity contribution is 0.0954. The zero-order chi connectivity index (χ0) is 15.4. The Labute approximate surface area is 124 Å². The summed E-state index contributed by atoms with van der Waals surface area (Å²) in [7, 11) is 3.94. The van der Waals surface area contributed by atoms with E-state index in [0.717, 1.165) is 29.1 Å². The van der Waals surface area contributed by atoms with Gasteiger partial charge < -0.3 is 14.7 Å². The maximum Gasteiger partial charge on any atom is 0.251 e. The molecule has 1 heterocycles.